The van der Waals surface area contributed by atoms with E-state index in [2.05, 4.69) is 0 Å². The van der Waals surface area contributed by atoms with Gasteiger partial charge in [0.1, 0.15) is 11.5 Å². The molecule has 1 aromatic rings. The average molecular weight is 469 g/mol. The first-order chi connectivity index (χ1) is 16.4. The van der Waals surface area contributed by atoms with Crippen molar-refractivity contribution >= 4 is 23.6 Å². The van der Waals surface area contributed by atoms with Gasteiger partial charge >= 0.3 is 5.97 Å². The van der Waals surface area contributed by atoms with E-state index >= 15 is 0 Å². The maximum atomic E-state index is 14.1. The number of methoxy groups -OCH3 is 1. The minimum absolute atomic E-state index is 0.0116. The molecule has 3 saturated heterocycles. The highest BCUT2D eigenvalue weighted by Gasteiger charge is 2.77. The minimum atomic E-state index is -1.31. The van der Waals surface area contributed by atoms with Gasteiger partial charge in [0.2, 0.25) is 11.8 Å². The maximum absolute atomic E-state index is 14.1. The molecule has 182 valence electrons. The molecule has 2 amide bonds. The molecule has 1 aromatic carbocycles. The highest BCUT2D eigenvalue weighted by Crippen LogP contribution is 2.55. The van der Waals surface area contributed by atoms with Gasteiger partial charge in [0.05, 0.1) is 32.0 Å². The molecular formula is C26H32N2O6. The van der Waals surface area contributed by atoms with Crippen molar-refractivity contribution in [1.82, 2.24) is 9.80 Å². The van der Waals surface area contributed by atoms with Crippen molar-refractivity contribution in [2.24, 2.45) is 5.92 Å². The Balaban J connectivity index is 1.59. The van der Waals surface area contributed by atoms with E-state index < -0.39 is 29.6 Å². The molecule has 4 fully saturated rings. The molecule has 8 nitrogen and oxygen atoms in total. The standard InChI is InChI=1S/C26H32N2O6/c1-16(29)13-21-26-19(14-22(30)34-26)24(31)27(15-17-9-7-8-12-20(17)33-2)23(26)25(32)28(21)18-10-5-3-4-6-11-18/h7-9,12,18-19,21,23H,3-6,10-11,13-15H2,1-2H3/t19-,21+,23-,26+/m0/s1. The van der Waals surface area contributed by atoms with Gasteiger partial charge in [-0.05, 0) is 25.8 Å². The van der Waals surface area contributed by atoms with Gasteiger partial charge in [0.15, 0.2) is 11.6 Å². The van der Waals surface area contributed by atoms with Crippen LogP contribution in [0.4, 0.5) is 0 Å². The number of hydrogen-bond acceptors (Lipinski definition) is 6. The molecule has 4 atom stereocenters. The van der Waals surface area contributed by atoms with Crippen LogP contribution >= 0.6 is 0 Å². The molecule has 0 radical (unpaired) electrons. The number of ketones is 1. The molecule has 5 rings (SSSR count). The fourth-order valence-electron chi connectivity index (χ4n) is 6.74. The fourth-order valence-corrected chi connectivity index (χ4v) is 6.74. The number of likely N-dealkylation sites (tertiary alicyclic amines) is 2. The van der Waals surface area contributed by atoms with Crippen LogP contribution in [0.5, 0.6) is 5.75 Å². The molecule has 8 heteroatoms. The van der Waals surface area contributed by atoms with Gasteiger partial charge in [-0.25, -0.2) is 0 Å². The number of hydrogen-bond donors (Lipinski definition) is 0. The number of rotatable bonds is 6. The molecule has 1 saturated carbocycles. The summed E-state index contributed by atoms with van der Waals surface area (Å²) < 4.78 is 11.5. The van der Waals surface area contributed by atoms with E-state index in [0.29, 0.717) is 5.75 Å². The summed E-state index contributed by atoms with van der Waals surface area (Å²) in [6.45, 7) is 1.68. The quantitative estimate of drug-likeness (QED) is 0.471. The smallest absolute Gasteiger partial charge is 0.307 e. The van der Waals surface area contributed by atoms with E-state index in [4.69, 9.17) is 9.47 Å². The highest BCUT2D eigenvalue weighted by molar-refractivity contribution is 6.02. The van der Waals surface area contributed by atoms with Crippen molar-refractivity contribution in [2.45, 2.75) is 88.6 Å². The van der Waals surface area contributed by atoms with Crippen molar-refractivity contribution in [3.63, 3.8) is 0 Å². The number of amides is 2. The van der Waals surface area contributed by atoms with Crippen LogP contribution in [0.3, 0.4) is 0 Å². The Labute approximate surface area is 199 Å². The normalized spacial score (nSPS) is 31.4. The summed E-state index contributed by atoms with van der Waals surface area (Å²) in [6.07, 6.45) is 6.04. The maximum Gasteiger partial charge on any atom is 0.307 e. The number of Topliss-reactive ketones (excluding diaryl/α,β-unsaturated/α-hetero) is 1. The zero-order chi connectivity index (χ0) is 24.0. The molecule has 1 aliphatic carbocycles. The second kappa shape index (κ2) is 8.71. The number of carbonyl (C=O) groups is 4. The van der Waals surface area contributed by atoms with Crippen molar-refractivity contribution < 1.29 is 28.7 Å². The van der Waals surface area contributed by atoms with Crippen molar-refractivity contribution in [2.75, 3.05) is 7.11 Å². The lowest BCUT2D eigenvalue weighted by molar-refractivity contribution is -0.154. The van der Waals surface area contributed by atoms with Crippen molar-refractivity contribution in [3.8, 4) is 5.75 Å². The van der Waals surface area contributed by atoms with Gasteiger partial charge in [-0.2, -0.15) is 0 Å². The van der Waals surface area contributed by atoms with E-state index in [1.165, 1.54) is 6.92 Å². The van der Waals surface area contributed by atoms with Gasteiger partial charge in [0, 0.05) is 18.0 Å². The fraction of sp³-hybridized carbons (Fsp3) is 0.615. The van der Waals surface area contributed by atoms with E-state index in [1.807, 2.05) is 29.2 Å². The lowest BCUT2D eigenvalue weighted by Gasteiger charge is -2.38. The third kappa shape index (κ3) is 3.41. The van der Waals surface area contributed by atoms with Crippen molar-refractivity contribution in [3.05, 3.63) is 29.8 Å². The Bertz CT molecular complexity index is 1020. The molecule has 34 heavy (non-hydrogen) atoms. The number of benzene rings is 1. The summed E-state index contributed by atoms with van der Waals surface area (Å²) in [4.78, 5) is 56.2. The molecule has 1 spiro atoms. The van der Waals surface area contributed by atoms with Crippen LogP contribution in [-0.4, -0.2) is 64.2 Å². The second-order valence-corrected chi connectivity index (χ2v) is 10.1. The van der Waals surface area contributed by atoms with E-state index in [-0.39, 0.29) is 43.0 Å². The second-order valence-electron chi connectivity index (χ2n) is 10.1. The lowest BCUT2D eigenvalue weighted by Crippen LogP contribution is -2.54. The largest absolute Gasteiger partial charge is 0.496 e. The Kier molecular flexibility index (Phi) is 5.86. The molecule has 0 N–H and O–H groups in total. The predicted octanol–water partition coefficient (Wildman–Crippen LogP) is 2.62. The Hall–Kier alpha value is -2.90. The number of esters is 1. The third-order valence-electron chi connectivity index (χ3n) is 8.10. The molecule has 3 heterocycles. The van der Waals surface area contributed by atoms with Gasteiger partial charge in [-0.15, -0.1) is 0 Å². The van der Waals surface area contributed by atoms with Gasteiger partial charge < -0.3 is 19.3 Å². The first-order valence-corrected chi connectivity index (χ1v) is 12.3. The molecule has 4 aliphatic rings. The van der Waals surface area contributed by atoms with Crippen LogP contribution in [0.1, 0.15) is 63.9 Å². The van der Waals surface area contributed by atoms with E-state index in [1.54, 1.807) is 12.0 Å². The topological polar surface area (TPSA) is 93.2 Å². The Morgan fingerprint density at radius 3 is 2.47 bits per heavy atom. The van der Waals surface area contributed by atoms with Crippen LogP contribution in [0, 0.1) is 5.92 Å². The van der Waals surface area contributed by atoms with E-state index in [9.17, 15) is 19.2 Å². The third-order valence-corrected chi connectivity index (χ3v) is 8.10. The minimum Gasteiger partial charge on any atom is -0.496 e. The number of para-hydroxylation sites is 1. The SMILES string of the molecule is COc1ccccc1CN1C(=O)[C@@H]2CC(=O)O[C@]23[C@@H]1C(=O)N(C1CCCCCC1)[C@@H]3CC(C)=O. The number of ether oxygens (including phenoxy) is 2. The molecule has 3 aliphatic heterocycles. The summed E-state index contributed by atoms with van der Waals surface area (Å²) >= 11 is 0. The zero-order valence-corrected chi connectivity index (χ0v) is 19.8. The van der Waals surface area contributed by atoms with E-state index in [0.717, 1.165) is 44.1 Å². The summed E-state index contributed by atoms with van der Waals surface area (Å²) in [5, 5.41) is 0. The summed E-state index contributed by atoms with van der Waals surface area (Å²) in [5.41, 5.74) is -0.533. The lowest BCUT2D eigenvalue weighted by atomic mass is 9.79. The molecule has 0 unspecified atom stereocenters. The zero-order valence-electron chi connectivity index (χ0n) is 19.8. The Morgan fingerprint density at radius 1 is 1.09 bits per heavy atom. The summed E-state index contributed by atoms with van der Waals surface area (Å²) in [6, 6.07) is 5.85. The van der Waals surface area contributed by atoms with Crippen molar-refractivity contribution in [1.29, 1.82) is 0 Å². The average Bonchev–Trinajstić information content (AvgIpc) is 3.20. The Morgan fingerprint density at radius 2 is 1.79 bits per heavy atom. The summed E-state index contributed by atoms with van der Waals surface area (Å²) in [7, 11) is 1.57. The molecular weight excluding hydrogens is 436 g/mol. The highest BCUT2D eigenvalue weighted by atomic mass is 16.6. The van der Waals surface area contributed by atoms with Crippen LogP contribution in [-0.2, 0) is 30.5 Å². The van der Waals surface area contributed by atoms with Gasteiger partial charge in [0.25, 0.3) is 0 Å². The monoisotopic (exact) mass is 468 g/mol. The van der Waals surface area contributed by atoms with Gasteiger partial charge in [-0.1, -0.05) is 43.9 Å². The summed E-state index contributed by atoms with van der Waals surface area (Å²) in [5.74, 6) is -1.13. The number of nitrogens with zero attached hydrogens (tertiary/aromatic N) is 2. The molecule has 0 aromatic heterocycles. The first-order valence-electron chi connectivity index (χ1n) is 12.3. The van der Waals surface area contributed by atoms with Crippen LogP contribution < -0.4 is 4.74 Å². The number of carbonyl (C=O) groups excluding carboxylic acids is 4. The first kappa shape index (κ1) is 22.9. The van der Waals surface area contributed by atoms with Gasteiger partial charge in [-0.3, -0.25) is 19.2 Å². The van der Waals surface area contributed by atoms with Crippen LogP contribution in [0.15, 0.2) is 24.3 Å². The van der Waals surface area contributed by atoms with Crippen LogP contribution in [0.25, 0.3) is 0 Å². The molecule has 0 bridgehead atoms. The predicted molar refractivity (Wildman–Crippen MR) is 122 cm³/mol. The van der Waals surface area contributed by atoms with Crippen LogP contribution in [0.2, 0.25) is 0 Å².